The second kappa shape index (κ2) is 8.39. The Morgan fingerprint density at radius 2 is 2.00 bits per heavy atom. The number of hydrogen-bond donors (Lipinski definition) is 2. The first-order chi connectivity index (χ1) is 9.78. The summed E-state index contributed by atoms with van der Waals surface area (Å²) in [4.78, 5) is 13.8. The number of nitrogens with zero attached hydrogens (tertiary/aromatic N) is 1. The van der Waals surface area contributed by atoms with Crippen molar-refractivity contribution in [3.63, 3.8) is 0 Å². The molecule has 0 aromatic carbocycles. The lowest BCUT2D eigenvalue weighted by atomic mass is 9.99. The van der Waals surface area contributed by atoms with Gasteiger partial charge in [0.15, 0.2) is 0 Å². The monoisotopic (exact) mass is 297 g/mol. The summed E-state index contributed by atoms with van der Waals surface area (Å²) in [6.45, 7) is 10.3. The maximum Gasteiger partial charge on any atom is 0.407 e. The van der Waals surface area contributed by atoms with Crippen LogP contribution in [0.2, 0.25) is 0 Å². The molecule has 1 aliphatic rings. The number of hydrogen-bond acceptors (Lipinski definition) is 4. The van der Waals surface area contributed by atoms with Crippen molar-refractivity contribution in [2.24, 2.45) is 0 Å². The molecule has 0 aromatic heterocycles. The van der Waals surface area contributed by atoms with Crippen LogP contribution < -0.4 is 10.6 Å². The van der Waals surface area contributed by atoms with E-state index in [0.717, 1.165) is 13.1 Å². The standard InChI is InChI=1S/C16H31N3O2/c1-13-12-14(8-11-19(13)5)17-9-6-7-10-18-15(20)21-16(2,3)4/h6-7,13-14,17H,8-12H2,1-5H3,(H,18,20)/b7-6+. The van der Waals surface area contributed by atoms with Gasteiger partial charge in [-0.25, -0.2) is 4.79 Å². The second-order valence-electron chi connectivity index (χ2n) is 6.81. The Morgan fingerprint density at radius 3 is 2.62 bits per heavy atom. The summed E-state index contributed by atoms with van der Waals surface area (Å²) in [7, 11) is 2.18. The Bertz CT molecular complexity index is 350. The van der Waals surface area contributed by atoms with Crippen molar-refractivity contribution in [2.75, 3.05) is 26.7 Å². The first kappa shape index (κ1) is 18.0. The quantitative estimate of drug-likeness (QED) is 0.763. The van der Waals surface area contributed by atoms with Crippen molar-refractivity contribution >= 4 is 6.09 Å². The average Bonchev–Trinajstić information content (AvgIpc) is 2.35. The van der Waals surface area contributed by atoms with E-state index in [-0.39, 0.29) is 6.09 Å². The predicted molar refractivity (Wildman–Crippen MR) is 86.5 cm³/mol. The van der Waals surface area contributed by atoms with E-state index in [1.54, 1.807) is 0 Å². The van der Waals surface area contributed by atoms with Crippen LogP contribution >= 0.6 is 0 Å². The zero-order chi connectivity index (χ0) is 15.9. The van der Waals surface area contributed by atoms with Crippen molar-refractivity contribution in [3.05, 3.63) is 12.2 Å². The van der Waals surface area contributed by atoms with Crippen LogP contribution in [0.3, 0.4) is 0 Å². The minimum Gasteiger partial charge on any atom is -0.444 e. The smallest absolute Gasteiger partial charge is 0.407 e. The zero-order valence-corrected chi connectivity index (χ0v) is 14.1. The van der Waals surface area contributed by atoms with Gasteiger partial charge in [0.2, 0.25) is 0 Å². The molecule has 21 heavy (non-hydrogen) atoms. The van der Waals surface area contributed by atoms with Gasteiger partial charge in [0.05, 0.1) is 0 Å². The van der Waals surface area contributed by atoms with Gasteiger partial charge in [-0.3, -0.25) is 0 Å². The number of carbonyl (C=O) groups is 1. The Kier molecular flexibility index (Phi) is 7.18. The minimum atomic E-state index is -0.444. The Labute approximate surface area is 129 Å². The molecule has 5 heteroatoms. The molecule has 1 amide bonds. The molecule has 1 aliphatic heterocycles. The fraction of sp³-hybridized carbons (Fsp3) is 0.812. The SMILES string of the molecule is CC1CC(NC/C=C/CNC(=O)OC(C)(C)C)CCN1C. The Balaban J connectivity index is 2.09. The van der Waals surface area contributed by atoms with E-state index in [9.17, 15) is 4.79 Å². The highest BCUT2D eigenvalue weighted by molar-refractivity contribution is 5.67. The van der Waals surface area contributed by atoms with Gasteiger partial charge in [-0.05, 0) is 54.1 Å². The molecule has 0 aromatic rings. The largest absolute Gasteiger partial charge is 0.444 e. The number of rotatable bonds is 5. The maximum absolute atomic E-state index is 11.4. The fourth-order valence-electron chi connectivity index (χ4n) is 2.33. The molecule has 0 bridgehead atoms. The lowest BCUT2D eigenvalue weighted by molar-refractivity contribution is 0.0534. The molecule has 2 atom stereocenters. The maximum atomic E-state index is 11.4. The number of amides is 1. The van der Waals surface area contributed by atoms with Gasteiger partial charge >= 0.3 is 6.09 Å². The molecule has 5 nitrogen and oxygen atoms in total. The molecule has 0 aliphatic carbocycles. The van der Waals surface area contributed by atoms with Crippen molar-refractivity contribution in [1.29, 1.82) is 0 Å². The van der Waals surface area contributed by atoms with Crippen molar-refractivity contribution in [2.45, 2.75) is 58.2 Å². The highest BCUT2D eigenvalue weighted by atomic mass is 16.6. The van der Waals surface area contributed by atoms with Gasteiger partial charge in [-0.2, -0.15) is 0 Å². The van der Waals surface area contributed by atoms with E-state index in [0.29, 0.717) is 18.6 Å². The molecular formula is C16H31N3O2. The summed E-state index contributed by atoms with van der Waals surface area (Å²) < 4.78 is 5.16. The molecule has 1 saturated heterocycles. The first-order valence-corrected chi connectivity index (χ1v) is 7.83. The van der Waals surface area contributed by atoms with Gasteiger partial charge in [0.1, 0.15) is 5.60 Å². The third kappa shape index (κ3) is 8.07. The molecule has 1 fully saturated rings. The van der Waals surface area contributed by atoms with E-state index >= 15 is 0 Å². The lowest BCUT2D eigenvalue weighted by Crippen LogP contribution is -2.45. The van der Waals surface area contributed by atoms with Gasteiger partial charge < -0.3 is 20.3 Å². The summed E-state index contributed by atoms with van der Waals surface area (Å²) >= 11 is 0. The lowest BCUT2D eigenvalue weighted by Gasteiger charge is -2.35. The number of likely N-dealkylation sites (tertiary alicyclic amines) is 1. The summed E-state index contributed by atoms with van der Waals surface area (Å²) in [5.41, 5.74) is -0.444. The summed E-state index contributed by atoms with van der Waals surface area (Å²) in [6.07, 6.45) is 6.03. The van der Waals surface area contributed by atoms with Crippen molar-refractivity contribution < 1.29 is 9.53 Å². The predicted octanol–water partition coefficient (Wildman–Crippen LogP) is 2.14. The number of alkyl carbamates (subject to hydrolysis) is 1. The van der Waals surface area contributed by atoms with Crippen LogP contribution in [0.4, 0.5) is 4.79 Å². The normalized spacial score (nSPS) is 24.2. The van der Waals surface area contributed by atoms with E-state index < -0.39 is 5.60 Å². The summed E-state index contributed by atoms with van der Waals surface area (Å²) in [5, 5.41) is 6.25. The van der Waals surface area contributed by atoms with Gasteiger partial charge in [0.25, 0.3) is 0 Å². The first-order valence-electron chi connectivity index (χ1n) is 7.83. The summed E-state index contributed by atoms with van der Waals surface area (Å²) in [5.74, 6) is 0. The average molecular weight is 297 g/mol. The van der Waals surface area contributed by atoms with Crippen LogP contribution in [0.25, 0.3) is 0 Å². The molecule has 0 saturated carbocycles. The third-order valence-corrected chi connectivity index (χ3v) is 3.66. The van der Waals surface area contributed by atoms with E-state index in [2.05, 4.69) is 35.6 Å². The molecular weight excluding hydrogens is 266 g/mol. The van der Waals surface area contributed by atoms with Gasteiger partial charge in [0, 0.05) is 25.2 Å². The topological polar surface area (TPSA) is 53.6 Å². The number of piperidine rings is 1. The number of ether oxygens (including phenoxy) is 1. The molecule has 0 spiro atoms. The van der Waals surface area contributed by atoms with Crippen LogP contribution in [-0.4, -0.2) is 55.4 Å². The summed E-state index contributed by atoms with van der Waals surface area (Å²) in [6, 6.07) is 1.24. The van der Waals surface area contributed by atoms with Crippen LogP contribution in [0.15, 0.2) is 12.2 Å². The van der Waals surface area contributed by atoms with Crippen LogP contribution in [-0.2, 0) is 4.74 Å². The van der Waals surface area contributed by atoms with Crippen LogP contribution in [0, 0.1) is 0 Å². The van der Waals surface area contributed by atoms with Crippen molar-refractivity contribution in [1.82, 2.24) is 15.5 Å². The highest BCUT2D eigenvalue weighted by Crippen LogP contribution is 2.14. The number of nitrogens with one attached hydrogen (secondary N) is 2. The van der Waals surface area contributed by atoms with E-state index in [1.807, 2.05) is 26.8 Å². The van der Waals surface area contributed by atoms with Crippen LogP contribution in [0.5, 0.6) is 0 Å². The Hall–Kier alpha value is -1.07. The number of carbonyl (C=O) groups excluding carboxylic acids is 1. The molecule has 122 valence electrons. The molecule has 0 radical (unpaired) electrons. The molecule has 1 heterocycles. The fourth-order valence-corrected chi connectivity index (χ4v) is 2.33. The van der Waals surface area contributed by atoms with Gasteiger partial charge in [-0.15, -0.1) is 0 Å². The van der Waals surface area contributed by atoms with E-state index in [4.69, 9.17) is 4.74 Å². The van der Waals surface area contributed by atoms with Crippen LogP contribution in [0.1, 0.15) is 40.5 Å². The Morgan fingerprint density at radius 1 is 1.33 bits per heavy atom. The second-order valence-corrected chi connectivity index (χ2v) is 6.81. The van der Waals surface area contributed by atoms with Crippen molar-refractivity contribution in [3.8, 4) is 0 Å². The third-order valence-electron chi connectivity index (χ3n) is 3.66. The molecule has 2 unspecified atom stereocenters. The minimum absolute atomic E-state index is 0.371. The molecule has 2 N–H and O–H groups in total. The molecule has 1 rings (SSSR count). The highest BCUT2D eigenvalue weighted by Gasteiger charge is 2.21. The zero-order valence-electron chi connectivity index (χ0n) is 14.1. The van der Waals surface area contributed by atoms with E-state index in [1.165, 1.54) is 12.8 Å². The van der Waals surface area contributed by atoms with Gasteiger partial charge in [-0.1, -0.05) is 12.2 Å².